The van der Waals surface area contributed by atoms with Crippen molar-refractivity contribution >= 4 is 11.6 Å². The van der Waals surface area contributed by atoms with Gasteiger partial charge in [0.2, 0.25) is 5.91 Å². The zero-order valence-corrected chi connectivity index (χ0v) is 10.8. The summed E-state index contributed by atoms with van der Waals surface area (Å²) in [6.07, 6.45) is -2.55. The zero-order valence-electron chi connectivity index (χ0n) is 10.8. The van der Waals surface area contributed by atoms with Gasteiger partial charge in [0.25, 0.3) is 0 Å². The standard InChI is InChI=1S/C14H15F3N2O/c15-14(16,17)8-19(10-5-6-10)13(20)12-7-9-3-1-2-4-11(9)18-12/h1-4,10,12,18H,5-8H2. The van der Waals surface area contributed by atoms with Crippen LogP contribution in [0.3, 0.4) is 0 Å². The van der Waals surface area contributed by atoms with Crippen LogP contribution in [0.1, 0.15) is 18.4 Å². The first-order valence-electron chi connectivity index (χ1n) is 6.66. The predicted molar refractivity (Wildman–Crippen MR) is 68.3 cm³/mol. The first kappa shape index (κ1) is 13.3. The van der Waals surface area contributed by atoms with Gasteiger partial charge in [-0.15, -0.1) is 0 Å². The lowest BCUT2D eigenvalue weighted by atomic mass is 10.1. The van der Waals surface area contributed by atoms with E-state index in [0.29, 0.717) is 19.3 Å². The Hall–Kier alpha value is -1.72. The minimum Gasteiger partial charge on any atom is -0.373 e. The fourth-order valence-electron chi connectivity index (χ4n) is 2.61. The Labute approximate surface area is 114 Å². The van der Waals surface area contributed by atoms with E-state index in [1.807, 2.05) is 24.3 Å². The third-order valence-electron chi connectivity index (χ3n) is 3.69. The third-order valence-corrected chi connectivity index (χ3v) is 3.69. The molecular formula is C14H15F3N2O. The molecule has 0 saturated heterocycles. The molecule has 2 aliphatic rings. The monoisotopic (exact) mass is 284 g/mol. The lowest BCUT2D eigenvalue weighted by molar-refractivity contribution is -0.162. The van der Waals surface area contributed by atoms with E-state index in [-0.39, 0.29) is 6.04 Å². The van der Waals surface area contributed by atoms with Crippen molar-refractivity contribution in [3.63, 3.8) is 0 Å². The number of para-hydroxylation sites is 1. The maximum Gasteiger partial charge on any atom is 0.406 e. The van der Waals surface area contributed by atoms with Crippen molar-refractivity contribution < 1.29 is 18.0 Å². The molecule has 1 atom stereocenters. The van der Waals surface area contributed by atoms with Crippen LogP contribution in [0.5, 0.6) is 0 Å². The topological polar surface area (TPSA) is 32.3 Å². The van der Waals surface area contributed by atoms with E-state index < -0.39 is 24.7 Å². The molecule has 1 aromatic rings. The van der Waals surface area contributed by atoms with Gasteiger partial charge < -0.3 is 10.2 Å². The number of nitrogens with one attached hydrogen (secondary N) is 1. The Kier molecular flexibility index (Phi) is 3.11. The van der Waals surface area contributed by atoms with Crippen LogP contribution in [0, 0.1) is 0 Å². The molecule has 1 aromatic carbocycles. The molecule has 3 rings (SSSR count). The summed E-state index contributed by atoms with van der Waals surface area (Å²) >= 11 is 0. The van der Waals surface area contributed by atoms with E-state index in [9.17, 15) is 18.0 Å². The minimum absolute atomic E-state index is 0.241. The van der Waals surface area contributed by atoms with Crippen LogP contribution in [-0.4, -0.2) is 35.6 Å². The van der Waals surface area contributed by atoms with Crippen molar-refractivity contribution in [2.75, 3.05) is 11.9 Å². The molecule has 1 N–H and O–H groups in total. The average Bonchev–Trinajstić information content (AvgIpc) is 3.12. The number of hydrogen-bond donors (Lipinski definition) is 1. The Bertz CT molecular complexity index is 500. The number of rotatable bonds is 3. The number of amides is 1. The molecule has 1 fully saturated rings. The molecule has 1 unspecified atom stereocenters. The number of carbonyl (C=O) groups is 1. The highest BCUT2D eigenvalue weighted by Gasteiger charge is 2.43. The second kappa shape index (κ2) is 4.68. The molecule has 1 aliphatic carbocycles. The summed E-state index contributed by atoms with van der Waals surface area (Å²) < 4.78 is 37.8. The second-order valence-electron chi connectivity index (χ2n) is 5.37. The highest BCUT2D eigenvalue weighted by Crippen LogP contribution is 2.33. The van der Waals surface area contributed by atoms with E-state index in [4.69, 9.17) is 0 Å². The molecule has 0 aromatic heterocycles. The number of anilines is 1. The van der Waals surface area contributed by atoms with Crippen molar-refractivity contribution in [1.29, 1.82) is 0 Å². The summed E-state index contributed by atoms with van der Waals surface area (Å²) in [6.45, 7) is -1.15. The molecule has 1 amide bonds. The number of nitrogens with zero attached hydrogens (tertiary/aromatic N) is 1. The van der Waals surface area contributed by atoms with Crippen LogP contribution < -0.4 is 5.32 Å². The lowest BCUT2D eigenvalue weighted by Crippen LogP contribution is -2.47. The van der Waals surface area contributed by atoms with Crippen LogP contribution in [0.4, 0.5) is 18.9 Å². The van der Waals surface area contributed by atoms with Gasteiger partial charge in [0, 0.05) is 18.2 Å². The molecular weight excluding hydrogens is 269 g/mol. The van der Waals surface area contributed by atoms with Crippen molar-refractivity contribution in [1.82, 2.24) is 4.90 Å². The molecule has 3 nitrogen and oxygen atoms in total. The number of alkyl halides is 3. The largest absolute Gasteiger partial charge is 0.406 e. The first-order chi connectivity index (χ1) is 9.44. The maximum absolute atomic E-state index is 12.6. The van der Waals surface area contributed by atoms with E-state index in [0.717, 1.165) is 16.2 Å². The summed E-state index contributed by atoms with van der Waals surface area (Å²) in [4.78, 5) is 13.3. The average molecular weight is 284 g/mol. The Morgan fingerprint density at radius 3 is 2.60 bits per heavy atom. The van der Waals surface area contributed by atoms with Gasteiger partial charge in [-0.3, -0.25) is 4.79 Å². The predicted octanol–water partition coefficient (Wildman–Crippen LogP) is 2.58. The molecule has 20 heavy (non-hydrogen) atoms. The number of fused-ring (bicyclic) bond motifs is 1. The third kappa shape index (κ3) is 2.73. The Balaban J connectivity index is 1.72. The van der Waals surface area contributed by atoms with Gasteiger partial charge in [-0.1, -0.05) is 18.2 Å². The maximum atomic E-state index is 12.6. The SMILES string of the molecule is O=C(C1Cc2ccccc2N1)N(CC(F)(F)F)C1CC1. The van der Waals surface area contributed by atoms with Gasteiger partial charge in [0.05, 0.1) is 0 Å². The van der Waals surface area contributed by atoms with Gasteiger partial charge in [-0.2, -0.15) is 13.2 Å². The zero-order chi connectivity index (χ0) is 14.3. The fraction of sp³-hybridized carbons (Fsp3) is 0.500. The van der Waals surface area contributed by atoms with Gasteiger partial charge >= 0.3 is 6.18 Å². The van der Waals surface area contributed by atoms with Crippen LogP contribution in [0.25, 0.3) is 0 Å². The van der Waals surface area contributed by atoms with Crippen LogP contribution in [0.2, 0.25) is 0 Å². The normalized spacial score (nSPS) is 21.2. The lowest BCUT2D eigenvalue weighted by Gasteiger charge is -2.26. The van der Waals surface area contributed by atoms with E-state index in [1.165, 1.54) is 0 Å². The molecule has 108 valence electrons. The van der Waals surface area contributed by atoms with Gasteiger partial charge in [-0.25, -0.2) is 0 Å². The highest BCUT2D eigenvalue weighted by molar-refractivity contribution is 5.88. The van der Waals surface area contributed by atoms with Crippen molar-refractivity contribution in [2.45, 2.75) is 37.5 Å². The molecule has 1 aliphatic heterocycles. The molecule has 0 bridgehead atoms. The molecule has 0 spiro atoms. The number of benzene rings is 1. The summed E-state index contributed by atoms with van der Waals surface area (Å²) in [5.41, 5.74) is 1.82. The van der Waals surface area contributed by atoms with Crippen molar-refractivity contribution in [3.05, 3.63) is 29.8 Å². The summed E-state index contributed by atoms with van der Waals surface area (Å²) in [5.74, 6) is -0.443. The first-order valence-corrected chi connectivity index (χ1v) is 6.66. The van der Waals surface area contributed by atoms with Gasteiger partial charge in [0.1, 0.15) is 12.6 Å². The quantitative estimate of drug-likeness (QED) is 0.925. The van der Waals surface area contributed by atoms with Crippen LogP contribution >= 0.6 is 0 Å². The minimum atomic E-state index is -4.34. The highest BCUT2D eigenvalue weighted by atomic mass is 19.4. The van der Waals surface area contributed by atoms with Crippen molar-refractivity contribution in [3.8, 4) is 0 Å². The van der Waals surface area contributed by atoms with Crippen molar-refractivity contribution in [2.24, 2.45) is 0 Å². The van der Waals surface area contributed by atoms with Gasteiger partial charge in [0.15, 0.2) is 0 Å². The molecule has 1 saturated carbocycles. The summed E-state index contributed by atoms with van der Waals surface area (Å²) in [6, 6.07) is 6.62. The van der Waals surface area contributed by atoms with E-state index in [1.54, 1.807) is 0 Å². The Morgan fingerprint density at radius 2 is 2.00 bits per heavy atom. The number of carbonyl (C=O) groups excluding carboxylic acids is 1. The number of hydrogen-bond acceptors (Lipinski definition) is 2. The Morgan fingerprint density at radius 1 is 1.30 bits per heavy atom. The molecule has 0 radical (unpaired) electrons. The van der Waals surface area contributed by atoms with E-state index in [2.05, 4.69) is 5.32 Å². The molecule has 6 heteroatoms. The fourth-order valence-corrected chi connectivity index (χ4v) is 2.61. The van der Waals surface area contributed by atoms with Gasteiger partial charge in [-0.05, 0) is 24.5 Å². The second-order valence-corrected chi connectivity index (χ2v) is 5.37. The summed E-state index contributed by atoms with van der Waals surface area (Å²) in [7, 11) is 0. The smallest absolute Gasteiger partial charge is 0.373 e. The summed E-state index contributed by atoms with van der Waals surface area (Å²) in [5, 5.41) is 3.02. The van der Waals surface area contributed by atoms with Crippen LogP contribution in [0.15, 0.2) is 24.3 Å². The number of halogens is 3. The van der Waals surface area contributed by atoms with Crippen LogP contribution in [-0.2, 0) is 11.2 Å². The molecule has 1 heterocycles. The van der Waals surface area contributed by atoms with E-state index >= 15 is 0 Å².